The average Bonchev–Trinajstić information content (AvgIpc) is 1.82. The zero-order valence-corrected chi connectivity index (χ0v) is 7.71. The smallest absolute Gasteiger partial charge is 0.0658 e. The lowest BCUT2D eigenvalue weighted by atomic mass is 10.4. The van der Waals surface area contributed by atoms with Crippen LogP contribution >= 0.6 is 7.26 Å². The largest absolute Gasteiger partial charge is 1.00 e. The highest BCUT2D eigenvalue weighted by atomic mass is 35.5. The van der Waals surface area contributed by atoms with Crippen LogP contribution < -0.4 is 12.4 Å². The Labute approximate surface area is 63.8 Å². The molecule has 1 aliphatic rings. The summed E-state index contributed by atoms with van der Waals surface area (Å²) in [6, 6.07) is 0. The maximum atomic E-state index is 2.38. The Kier molecular flexibility index (Phi) is 2.92. The summed E-state index contributed by atoms with van der Waals surface area (Å²) in [6.07, 6.45) is 2.22. The van der Waals surface area contributed by atoms with E-state index in [2.05, 4.69) is 38.0 Å². The van der Waals surface area contributed by atoms with Crippen molar-refractivity contribution in [1.29, 1.82) is 0 Å². The molecule has 0 radical (unpaired) electrons. The zero-order chi connectivity index (χ0) is 6.20. The van der Waals surface area contributed by atoms with Crippen molar-refractivity contribution in [3.05, 3.63) is 23.3 Å². The minimum absolute atomic E-state index is 0. The second-order valence-corrected chi connectivity index (χ2v) is 6.63. The Morgan fingerprint density at radius 2 is 1.89 bits per heavy atom. The van der Waals surface area contributed by atoms with E-state index in [1.54, 1.807) is 0 Å². The standard InChI is InChI=1S/C7H12P.ClH/c1-7-4-5-8(2,3)6-7;/h4-6H,1-3H3;1H/q+1;/p-1. The lowest BCUT2D eigenvalue weighted by molar-refractivity contribution is -0.00000190. The molecular weight excluding hydrogens is 151 g/mol. The molecule has 0 aromatic rings. The Hall–Kier alpha value is 0.200. The number of halogens is 1. The number of hydrogen-bond donors (Lipinski definition) is 0. The lowest BCUT2D eigenvalue weighted by Crippen LogP contribution is -3.00. The molecule has 0 atom stereocenters. The van der Waals surface area contributed by atoms with Crippen molar-refractivity contribution < 1.29 is 12.4 Å². The van der Waals surface area contributed by atoms with Gasteiger partial charge in [-0.15, -0.1) is 0 Å². The lowest BCUT2D eigenvalue weighted by Gasteiger charge is -1.99. The average molecular weight is 163 g/mol. The van der Waals surface area contributed by atoms with Gasteiger partial charge in [0.15, 0.2) is 0 Å². The van der Waals surface area contributed by atoms with Crippen LogP contribution in [0.15, 0.2) is 23.3 Å². The van der Waals surface area contributed by atoms with Crippen LogP contribution in [0.2, 0.25) is 0 Å². The minimum Gasteiger partial charge on any atom is -1.00 e. The Morgan fingerprint density at radius 1 is 1.33 bits per heavy atom. The molecule has 0 saturated heterocycles. The minimum atomic E-state index is -0.692. The summed E-state index contributed by atoms with van der Waals surface area (Å²) in [6.45, 7) is 6.80. The molecule has 0 amide bonds. The summed E-state index contributed by atoms with van der Waals surface area (Å²) < 4.78 is 0. The van der Waals surface area contributed by atoms with Gasteiger partial charge in [0.05, 0.1) is 32.2 Å². The van der Waals surface area contributed by atoms with Crippen LogP contribution in [-0.4, -0.2) is 13.3 Å². The van der Waals surface area contributed by atoms with Gasteiger partial charge in [0.1, 0.15) is 0 Å². The van der Waals surface area contributed by atoms with E-state index in [-0.39, 0.29) is 12.4 Å². The molecule has 1 heterocycles. The molecule has 0 nitrogen and oxygen atoms in total. The molecule has 0 bridgehead atoms. The van der Waals surface area contributed by atoms with Gasteiger partial charge >= 0.3 is 0 Å². The maximum Gasteiger partial charge on any atom is 0.0658 e. The van der Waals surface area contributed by atoms with Gasteiger partial charge in [0, 0.05) is 0 Å². The van der Waals surface area contributed by atoms with Crippen LogP contribution in [0.5, 0.6) is 0 Å². The van der Waals surface area contributed by atoms with E-state index in [1.807, 2.05) is 0 Å². The van der Waals surface area contributed by atoms with Crippen LogP contribution in [-0.2, 0) is 0 Å². The molecule has 9 heavy (non-hydrogen) atoms. The summed E-state index contributed by atoms with van der Waals surface area (Å²) >= 11 is 0. The highest BCUT2D eigenvalue weighted by molar-refractivity contribution is 7.80. The fourth-order valence-electron chi connectivity index (χ4n) is 0.921. The third kappa shape index (κ3) is 2.51. The molecule has 0 aromatic carbocycles. The summed E-state index contributed by atoms with van der Waals surface area (Å²) in [5.41, 5.74) is 1.43. The molecule has 0 spiro atoms. The van der Waals surface area contributed by atoms with Gasteiger partial charge in [0.25, 0.3) is 0 Å². The topological polar surface area (TPSA) is 0 Å². The van der Waals surface area contributed by atoms with E-state index in [1.165, 1.54) is 5.57 Å². The second-order valence-electron chi connectivity index (χ2n) is 2.82. The van der Waals surface area contributed by atoms with Crippen LogP contribution in [0.1, 0.15) is 6.92 Å². The Bertz CT molecular complexity index is 156. The summed E-state index contributed by atoms with van der Waals surface area (Å²) in [5, 5.41) is 0. The van der Waals surface area contributed by atoms with E-state index in [4.69, 9.17) is 0 Å². The first-order valence-electron chi connectivity index (χ1n) is 2.82. The van der Waals surface area contributed by atoms with Gasteiger partial charge in [-0.3, -0.25) is 0 Å². The van der Waals surface area contributed by atoms with Crippen LogP contribution in [0.3, 0.4) is 0 Å². The molecule has 0 fully saturated rings. The Balaban J connectivity index is 0.000000640. The molecule has 0 saturated carbocycles. The molecule has 2 heteroatoms. The Morgan fingerprint density at radius 3 is 2.00 bits per heavy atom. The summed E-state index contributed by atoms with van der Waals surface area (Å²) in [4.78, 5) is 0. The molecule has 0 unspecified atom stereocenters. The van der Waals surface area contributed by atoms with Crippen molar-refractivity contribution >= 4 is 7.26 Å². The van der Waals surface area contributed by atoms with Crippen LogP contribution in [0, 0.1) is 0 Å². The van der Waals surface area contributed by atoms with E-state index < -0.39 is 7.26 Å². The van der Waals surface area contributed by atoms with Crippen molar-refractivity contribution in [2.45, 2.75) is 6.92 Å². The van der Waals surface area contributed by atoms with Crippen LogP contribution in [0.4, 0.5) is 0 Å². The number of rotatable bonds is 0. The van der Waals surface area contributed by atoms with Gasteiger partial charge in [-0.1, -0.05) is 0 Å². The van der Waals surface area contributed by atoms with E-state index in [0.29, 0.717) is 0 Å². The van der Waals surface area contributed by atoms with Gasteiger partial charge in [0.2, 0.25) is 0 Å². The van der Waals surface area contributed by atoms with Crippen molar-refractivity contribution in [2.75, 3.05) is 13.3 Å². The first-order valence-corrected chi connectivity index (χ1v) is 5.64. The molecule has 52 valence electrons. The monoisotopic (exact) mass is 162 g/mol. The summed E-state index contributed by atoms with van der Waals surface area (Å²) in [5.74, 6) is 4.72. The molecule has 0 aromatic heterocycles. The number of hydrogen-bond acceptors (Lipinski definition) is 0. The first-order chi connectivity index (χ1) is 3.60. The predicted octanol–water partition coefficient (Wildman–Crippen LogP) is -0.301. The van der Waals surface area contributed by atoms with E-state index in [0.717, 1.165) is 0 Å². The fourth-order valence-corrected chi connectivity index (χ4v) is 2.76. The van der Waals surface area contributed by atoms with E-state index >= 15 is 0 Å². The van der Waals surface area contributed by atoms with Crippen molar-refractivity contribution in [3.8, 4) is 0 Å². The van der Waals surface area contributed by atoms with Gasteiger partial charge in [-0.25, -0.2) is 0 Å². The molecule has 1 aliphatic heterocycles. The zero-order valence-electron chi connectivity index (χ0n) is 6.06. The van der Waals surface area contributed by atoms with Gasteiger partial charge in [-0.2, -0.15) is 0 Å². The third-order valence-corrected chi connectivity index (χ3v) is 3.25. The second kappa shape index (κ2) is 2.86. The molecule has 0 N–H and O–H groups in total. The van der Waals surface area contributed by atoms with Gasteiger partial charge < -0.3 is 12.4 Å². The van der Waals surface area contributed by atoms with Gasteiger partial charge in [-0.05, 0) is 18.6 Å². The molecule has 0 aliphatic carbocycles. The first kappa shape index (κ1) is 9.20. The fraction of sp³-hybridized carbons (Fsp3) is 0.429. The third-order valence-electron chi connectivity index (χ3n) is 1.26. The van der Waals surface area contributed by atoms with Crippen molar-refractivity contribution in [2.24, 2.45) is 0 Å². The van der Waals surface area contributed by atoms with Crippen molar-refractivity contribution in [3.63, 3.8) is 0 Å². The van der Waals surface area contributed by atoms with Crippen LogP contribution in [0.25, 0.3) is 0 Å². The highest BCUT2D eigenvalue weighted by Crippen LogP contribution is 2.58. The number of allylic oxidation sites excluding steroid dienone is 2. The maximum absolute atomic E-state index is 2.38. The highest BCUT2D eigenvalue weighted by Gasteiger charge is 2.21. The SMILES string of the molecule is CC1=C[P+](C)(C)C=C1.[Cl-]. The normalized spacial score (nSPS) is 21.0. The molecular formula is C7H12ClP. The quantitative estimate of drug-likeness (QED) is 0.429. The molecule has 1 rings (SSSR count). The van der Waals surface area contributed by atoms with E-state index in [9.17, 15) is 0 Å². The summed E-state index contributed by atoms with van der Waals surface area (Å²) in [7, 11) is -0.692. The predicted molar refractivity (Wildman–Crippen MR) is 41.7 cm³/mol. The van der Waals surface area contributed by atoms with Crippen molar-refractivity contribution in [1.82, 2.24) is 0 Å².